The van der Waals surface area contributed by atoms with Gasteiger partial charge in [0.25, 0.3) is 0 Å². The van der Waals surface area contributed by atoms with Crippen molar-refractivity contribution in [1.29, 1.82) is 0 Å². The summed E-state index contributed by atoms with van der Waals surface area (Å²) in [4.78, 5) is 2.49. The van der Waals surface area contributed by atoms with Crippen LogP contribution in [0, 0.1) is 0 Å². The van der Waals surface area contributed by atoms with Crippen molar-refractivity contribution in [1.82, 2.24) is 0 Å². The van der Waals surface area contributed by atoms with Gasteiger partial charge in [0.05, 0.1) is 12.3 Å². The quantitative estimate of drug-likeness (QED) is 0.511. The Morgan fingerprint density at radius 3 is 2.05 bits per heavy atom. The molecule has 0 radical (unpaired) electrons. The second-order valence-corrected chi connectivity index (χ2v) is 5.36. The highest BCUT2D eigenvalue weighted by Crippen LogP contribution is 2.28. The zero-order chi connectivity index (χ0) is 14.6. The minimum Gasteiger partial charge on any atom is -0.491 e. The molecule has 0 aromatic heterocycles. The molecule has 0 heterocycles. The highest BCUT2D eigenvalue weighted by molar-refractivity contribution is 5.58. The first-order valence-electron chi connectivity index (χ1n) is 8.30. The second kappa shape index (κ2) is 10.6. The van der Waals surface area contributed by atoms with Gasteiger partial charge in [0.1, 0.15) is 5.75 Å². The molecule has 0 aliphatic heterocycles. The van der Waals surface area contributed by atoms with Crippen LogP contribution in [0.4, 0.5) is 5.69 Å². The molecule has 0 spiro atoms. The number of unbranched alkanes of at least 4 members (excludes halogenated alkanes) is 3. The average molecular weight is 277 g/mol. The van der Waals surface area contributed by atoms with Gasteiger partial charge in [-0.1, -0.05) is 52.2 Å². The highest BCUT2D eigenvalue weighted by Gasteiger charge is 2.11. The summed E-state index contributed by atoms with van der Waals surface area (Å²) >= 11 is 0. The van der Waals surface area contributed by atoms with Crippen LogP contribution in [-0.2, 0) is 0 Å². The van der Waals surface area contributed by atoms with E-state index in [0.29, 0.717) is 0 Å². The van der Waals surface area contributed by atoms with Crippen LogP contribution in [0.5, 0.6) is 5.75 Å². The van der Waals surface area contributed by atoms with Crippen LogP contribution in [0.2, 0.25) is 0 Å². The molecule has 2 nitrogen and oxygen atoms in total. The number of ether oxygens (including phenoxy) is 1. The molecule has 1 rings (SSSR count). The molecule has 0 unspecified atom stereocenters. The van der Waals surface area contributed by atoms with E-state index in [9.17, 15) is 0 Å². The number of hydrogen-bond acceptors (Lipinski definition) is 2. The Balaban J connectivity index is 2.75. The molecule has 0 N–H and O–H groups in total. The lowest BCUT2D eigenvalue weighted by atomic mass is 10.2. The summed E-state index contributed by atoms with van der Waals surface area (Å²) in [7, 11) is 0. The number of nitrogens with zero attached hydrogens (tertiary/aromatic N) is 1. The lowest BCUT2D eigenvalue weighted by Gasteiger charge is -2.26. The molecule has 0 bridgehead atoms. The van der Waals surface area contributed by atoms with E-state index in [1.54, 1.807) is 0 Å². The van der Waals surface area contributed by atoms with E-state index in [0.717, 1.165) is 31.9 Å². The first-order chi connectivity index (χ1) is 9.83. The summed E-state index contributed by atoms with van der Waals surface area (Å²) in [5.41, 5.74) is 1.27. The number of anilines is 1. The van der Waals surface area contributed by atoms with Crippen molar-refractivity contribution in [2.45, 2.75) is 59.3 Å². The summed E-state index contributed by atoms with van der Waals surface area (Å²) in [6, 6.07) is 8.50. The molecule has 0 fully saturated rings. The van der Waals surface area contributed by atoms with Gasteiger partial charge in [0, 0.05) is 13.1 Å². The first kappa shape index (κ1) is 16.9. The monoisotopic (exact) mass is 277 g/mol. The van der Waals surface area contributed by atoms with Crippen LogP contribution in [-0.4, -0.2) is 19.7 Å². The number of benzene rings is 1. The van der Waals surface area contributed by atoms with Crippen molar-refractivity contribution in [2.75, 3.05) is 24.6 Å². The van der Waals surface area contributed by atoms with Crippen LogP contribution in [0.25, 0.3) is 0 Å². The van der Waals surface area contributed by atoms with E-state index in [1.165, 1.54) is 37.8 Å². The number of para-hydroxylation sites is 2. The van der Waals surface area contributed by atoms with Crippen molar-refractivity contribution >= 4 is 5.69 Å². The Labute approximate surface area is 125 Å². The van der Waals surface area contributed by atoms with Crippen molar-refractivity contribution in [3.05, 3.63) is 24.3 Å². The van der Waals surface area contributed by atoms with E-state index in [4.69, 9.17) is 4.74 Å². The fourth-order valence-electron chi connectivity index (χ4n) is 2.22. The smallest absolute Gasteiger partial charge is 0.142 e. The first-order valence-corrected chi connectivity index (χ1v) is 8.30. The van der Waals surface area contributed by atoms with E-state index >= 15 is 0 Å². The van der Waals surface area contributed by atoms with Crippen molar-refractivity contribution < 1.29 is 4.74 Å². The maximum atomic E-state index is 5.98. The van der Waals surface area contributed by atoms with E-state index < -0.39 is 0 Å². The summed E-state index contributed by atoms with van der Waals surface area (Å²) in [6.07, 6.45) is 7.26. The SMILES string of the molecule is CCCCOc1ccccc1N(CCCC)CCCC. The van der Waals surface area contributed by atoms with Crippen LogP contribution < -0.4 is 9.64 Å². The molecule has 1 aromatic carbocycles. The maximum absolute atomic E-state index is 5.98. The molecular formula is C18H31NO. The van der Waals surface area contributed by atoms with Crippen molar-refractivity contribution in [3.63, 3.8) is 0 Å². The Bertz CT molecular complexity index is 343. The molecule has 0 aliphatic carbocycles. The van der Waals surface area contributed by atoms with Gasteiger partial charge in [-0.3, -0.25) is 0 Å². The molecule has 114 valence electrons. The van der Waals surface area contributed by atoms with Crippen molar-refractivity contribution in [2.24, 2.45) is 0 Å². The van der Waals surface area contributed by atoms with Crippen LogP contribution in [0.3, 0.4) is 0 Å². The third-order valence-corrected chi connectivity index (χ3v) is 3.52. The highest BCUT2D eigenvalue weighted by atomic mass is 16.5. The van der Waals surface area contributed by atoms with Gasteiger partial charge in [-0.15, -0.1) is 0 Å². The lowest BCUT2D eigenvalue weighted by Crippen LogP contribution is -2.26. The molecule has 20 heavy (non-hydrogen) atoms. The summed E-state index contributed by atoms with van der Waals surface area (Å²) in [5.74, 6) is 1.05. The van der Waals surface area contributed by atoms with Crippen LogP contribution in [0.1, 0.15) is 59.3 Å². The predicted molar refractivity (Wildman–Crippen MR) is 88.9 cm³/mol. The normalized spacial score (nSPS) is 10.6. The van der Waals surface area contributed by atoms with E-state index in [-0.39, 0.29) is 0 Å². The Morgan fingerprint density at radius 1 is 0.850 bits per heavy atom. The molecule has 0 atom stereocenters. The summed E-state index contributed by atoms with van der Waals surface area (Å²) in [5, 5.41) is 0. The zero-order valence-electron chi connectivity index (χ0n) is 13.5. The van der Waals surface area contributed by atoms with E-state index in [2.05, 4.69) is 49.9 Å². The summed E-state index contributed by atoms with van der Waals surface area (Å²) in [6.45, 7) is 9.78. The second-order valence-electron chi connectivity index (χ2n) is 5.36. The fourth-order valence-corrected chi connectivity index (χ4v) is 2.22. The van der Waals surface area contributed by atoms with Crippen LogP contribution >= 0.6 is 0 Å². The van der Waals surface area contributed by atoms with E-state index in [1.807, 2.05) is 0 Å². The maximum Gasteiger partial charge on any atom is 0.142 e. The Morgan fingerprint density at radius 2 is 1.45 bits per heavy atom. The Hall–Kier alpha value is -1.18. The lowest BCUT2D eigenvalue weighted by molar-refractivity contribution is 0.309. The molecule has 0 saturated carbocycles. The minimum absolute atomic E-state index is 0.822. The van der Waals surface area contributed by atoms with Gasteiger partial charge in [-0.05, 0) is 31.4 Å². The molecule has 2 heteroatoms. The van der Waals surface area contributed by atoms with Crippen LogP contribution in [0.15, 0.2) is 24.3 Å². The summed E-state index contributed by atoms with van der Waals surface area (Å²) < 4.78 is 5.98. The number of hydrogen-bond donors (Lipinski definition) is 0. The third-order valence-electron chi connectivity index (χ3n) is 3.52. The van der Waals surface area contributed by atoms with Gasteiger partial charge in [-0.2, -0.15) is 0 Å². The largest absolute Gasteiger partial charge is 0.491 e. The topological polar surface area (TPSA) is 12.5 Å². The predicted octanol–water partition coefficient (Wildman–Crippen LogP) is 5.27. The van der Waals surface area contributed by atoms with Gasteiger partial charge in [-0.25, -0.2) is 0 Å². The van der Waals surface area contributed by atoms with Gasteiger partial charge < -0.3 is 9.64 Å². The Kier molecular flexibility index (Phi) is 8.93. The van der Waals surface area contributed by atoms with Gasteiger partial charge in [0.2, 0.25) is 0 Å². The zero-order valence-corrected chi connectivity index (χ0v) is 13.5. The molecular weight excluding hydrogens is 246 g/mol. The van der Waals surface area contributed by atoms with Crippen molar-refractivity contribution in [3.8, 4) is 5.75 Å². The number of rotatable bonds is 11. The molecule has 0 amide bonds. The third kappa shape index (κ3) is 5.85. The molecule has 0 aliphatic rings. The minimum atomic E-state index is 0.822. The molecule has 1 aromatic rings. The standard InChI is InChI=1S/C18H31NO/c1-4-7-14-19(15-8-5-2)17-12-10-11-13-18(17)20-16-9-6-3/h10-13H,4-9,14-16H2,1-3H3. The molecule has 0 saturated heterocycles. The fraction of sp³-hybridized carbons (Fsp3) is 0.667. The van der Waals surface area contributed by atoms with Gasteiger partial charge in [0.15, 0.2) is 0 Å². The van der Waals surface area contributed by atoms with Gasteiger partial charge >= 0.3 is 0 Å². The average Bonchev–Trinajstić information content (AvgIpc) is 2.48.